The molecule has 3 rings (SSSR count). The second-order valence-corrected chi connectivity index (χ2v) is 4.93. The monoisotopic (exact) mass is 294 g/mol. The average molecular weight is 294 g/mol. The van der Waals surface area contributed by atoms with Crippen molar-refractivity contribution in [1.29, 1.82) is 0 Å². The maximum Gasteiger partial charge on any atom is 0.339 e. The van der Waals surface area contributed by atoms with E-state index in [9.17, 15) is 9.90 Å². The fourth-order valence-electron chi connectivity index (χ4n) is 2.30. The molecule has 0 aromatic heterocycles. The molecular formula is C18H14O4. The van der Waals surface area contributed by atoms with E-state index in [1.165, 1.54) is 6.07 Å². The Bertz CT molecular complexity index is 839. The van der Waals surface area contributed by atoms with Crippen LogP contribution in [0, 0.1) is 0 Å². The van der Waals surface area contributed by atoms with Gasteiger partial charge in [0.15, 0.2) is 11.5 Å². The molecule has 22 heavy (non-hydrogen) atoms. The molecule has 110 valence electrons. The van der Waals surface area contributed by atoms with Gasteiger partial charge in [-0.05, 0) is 34.5 Å². The highest BCUT2D eigenvalue weighted by atomic mass is 16.5. The van der Waals surface area contributed by atoms with Crippen LogP contribution in [-0.2, 0) is 6.61 Å². The minimum atomic E-state index is -1.19. The highest BCUT2D eigenvalue weighted by Gasteiger charge is 2.13. The second kappa shape index (κ2) is 5.77. The topological polar surface area (TPSA) is 66.8 Å². The molecule has 0 fully saturated rings. The van der Waals surface area contributed by atoms with Crippen LogP contribution in [-0.4, -0.2) is 16.2 Å². The molecule has 2 N–H and O–H groups in total. The summed E-state index contributed by atoms with van der Waals surface area (Å²) in [4.78, 5) is 11.0. The fourth-order valence-corrected chi connectivity index (χ4v) is 2.30. The number of para-hydroxylation sites is 1. The van der Waals surface area contributed by atoms with E-state index in [1.54, 1.807) is 12.1 Å². The summed E-state index contributed by atoms with van der Waals surface area (Å²) in [6.45, 7) is 0.251. The number of carboxylic acids is 1. The van der Waals surface area contributed by atoms with Crippen molar-refractivity contribution in [2.75, 3.05) is 0 Å². The zero-order valence-corrected chi connectivity index (χ0v) is 11.7. The Morgan fingerprint density at radius 3 is 2.50 bits per heavy atom. The van der Waals surface area contributed by atoms with Crippen molar-refractivity contribution in [2.45, 2.75) is 6.61 Å². The Hall–Kier alpha value is -3.01. The maximum atomic E-state index is 11.0. The zero-order chi connectivity index (χ0) is 15.5. The molecule has 0 aliphatic rings. The number of rotatable bonds is 4. The van der Waals surface area contributed by atoms with Crippen molar-refractivity contribution in [3.05, 3.63) is 71.8 Å². The summed E-state index contributed by atoms with van der Waals surface area (Å²) in [6, 6.07) is 18.4. The Kier molecular flexibility index (Phi) is 3.66. The molecule has 0 aliphatic heterocycles. The molecule has 4 heteroatoms. The van der Waals surface area contributed by atoms with Gasteiger partial charge in [-0.1, -0.05) is 42.5 Å². The first-order chi connectivity index (χ1) is 10.6. The summed E-state index contributed by atoms with van der Waals surface area (Å²) >= 11 is 0. The van der Waals surface area contributed by atoms with Gasteiger partial charge in [0.2, 0.25) is 0 Å². The second-order valence-electron chi connectivity index (χ2n) is 4.93. The van der Waals surface area contributed by atoms with E-state index in [0.29, 0.717) is 0 Å². The number of carboxylic acid groups (broad SMARTS) is 1. The summed E-state index contributed by atoms with van der Waals surface area (Å²) in [5, 5.41) is 21.1. The van der Waals surface area contributed by atoms with Gasteiger partial charge in [-0.25, -0.2) is 4.79 Å². The van der Waals surface area contributed by atoms with Gasteiger partial charge >= 0.3 is 5.97 Å². The van der Waals surface area contributed by atoms with Crippen molar-refractivity contribution in [3.8, 4) is 11.5 Å². The van der Waals surface area contributed by atoms with Gasteiger partial charge < -0.3 is 14.9 Å². The molecule has 0 saturated carbocycles. The molecule has 3 aromatic carbocycles. The largest absolute Gasteiger partial charge is 0.504 e. The van der Waals surface area contributed by atoms with Gasteiger partial charge in [0.05, 0.1) is 0 Å². The number of fused-ring (bicyclic) bond motifs is 1. The molecule has 0 heterocycles. The van der Waals surface area contributed by atoms with E-state index in [4.69, 9.17) is 9.84 Å². The Morgan fingerprint density at radius 1 is 0.955 bits per heavy atom. The van der Waals surface area contributed by atoms with E-state index < -0.39 is 5.97 Å². The maximum absolute atomic E-state index is 11.0. The molecule has 3 aromatic rings. The first-order valence-corrected chi connectivity index (χ1v) is 6.81. The lowest BCUT2D eigenvalue weighted by Crippen LogP contribution is -2.00. The van der Waals surface area contributed by atoms with Gasteiger partial charge in [-0.2, -0.15) is 0 Å². The average Bonchev–Trinajstić information content (AvgIpc) is 2.53. The van der Waals surface area contributed by atoms with Gasteiger partial charge in [-0.15, -0.1) is 0 Å². The lowest BCUT2D eigenvalue weighted by atomic mass is 10.1. The molecule has 0 radical (unpaired) electrons. The molecule has 0 bridgehead atoms. The molecule has 4 nitrogen and oxygen atoms in total. The molecule has 0 saturated heterocycles. The highest BCUT2D eigenvalue weighted by Crippen LogP contribution is 2.30. The van der Waals surface area contributed by atoms with Crippen LogP contribution in [0.5, 0.6) is 11.5 Å². The standard InChI is InChI=1S/C18H14O4/c19-17-15(18(20)21)6-3-7-16(17)22-11-12-8-9-13-4-1-2-5-14(13)10-12/h1-10,19H,11H2,(H,20,21). The van der Waals surface area contributed by atoms with Gasteiger partial charge in [0.25, 0.3) is 0 Å². The molecule has 0 amide bonds. The molecule has 0 spiro atoms. The third kappa shape index (κ3) is 2.72. The van der Waals surface area contributed by atoms with Crippen LogP contribution >= 0.6 is 0 Å². The highest BCUT2D eigenvalue weighted by molar-refractivity contribution is 5.91. The Morgan fingerprint density at radius 2 is 1.73 bits per heavy atom. The molecule has 0 aliphatic carbocycles. The zero-order valence-electron chi connectivity index (χ0n) is 11.7. The lowest BCUT2D eigenvalue weighted by molar-refractivity contribution is 0.0692. The third-order valence-electron chi connectivity index (χ3n) is 3.44. The predicted octanol–water partition coefficient (Wildman–Crippen LogP) is 3.82. The summed E-state index contributed by atoms with van der Waals surface area (Å²) < 4.78 is 5.55. The number of hydrogen-bond donors (Lipinski definition) is 2. The number of hydrogen-bond acceptors (Lipinski definition) is 3. The minimum absolute atomic E-state index is 0.160. The summed E-state index contributed by atoms with van der Waals surface area (Å²) in [6.07, 6.45) is 0. The van der Waals surface area contributed by atoms with Crippen molar-refractivity contribution in [3.63, 3.8) is 0 Å². The first kappa shape index (κ1) is 13.9. The van der Waals surface area contributed by atoms with Gasteiger partial charge in [0.1, 0.15) is 12.2 Å². The summed E-state index contributed by atoms with van der Waals surface area (Å²) in [5.74, 6) is -1.38. The van der Waals surface area contributed by atoms with Crippen molar-refractivity contribution in [1.82, 2.24) is 0 Å². The van der Waals surface area contributed by atoms with Crippen LogP contribution in [0.3, 0.4) is 0 Å². The SMILES string of the molecule is O=C(O)c1cccc(OCc2ccc3ccccc3c2)c1O. The van der Waals surface area contributed by atoms with Crippen LogP contribution in [0.1, 0.15) is 15.9 Å². The smallest absolute Gasteiger partial charge is 0.339 e. The Labute approximate surface area is 127 Å². The third-order valence-corrected chi connectivity index (χ3v) is 3.44. The van der Waals surface area contributed by atoms with E-state index in [-0.39, 0.29) is 23.7 Å². The van der Waals surface area contributed by atoms with Crippen LogP contribution in [0.4, 0.5) is 0 Å². The quantitative estimate of drug-likeness (QED) is 0.767. The Balaban J connectivity index is 1.82. The normalized spacial score (nSPS) is 10.5. The van der Waals surface area contributed by atoms with E-state index in [1.807, 2.05) is 42.5 Å². The number of ether oxygens (including phenoxy) is 1. The van der Waals surface area contributed by atoms with Crippen molar-refractivity contribution in [2.24, 2.45) is 0 Å². The molecular weight excluding hydrogens is 280 g/mol. The van der Waals surface area contributed by atoms with Crippen LogP contribution in [0.15, 0.2) is 60.7 Å². The number of carbonyl (C=O) groups is 1. The number of phenols is 1. The first-order valence-electron chi connectivity index (χ1n) is 6.81. The summed E-state index contributed by atoms with van der Waals surface area (Å²) in [5.41, 5.74) is 0.773. The van der Waals surface area contributed by atoms with E-state index in [0.717, 1.165) is 16.3 Å². The van der Waals surface area contributed by atoms with Crippen molar-refractivity contribution >= 4 is 16.7 Å². The minimum Gasteiger partial charge on any atom is -0.504 e. The van der Waals surface area contributed by atoms with Gasteiger partial charge in [-0.3, -0.25) is 0 Å². The van der Waals surface area contributed by atoms with Crippen molar-refractivity contribution < 1.29 is 19.7 Å². The van der Waals surface area contributed by atoms with E-state index in [2.05, 4.69) is 0 Å². The van der Waals surface area contributed by atoms with Crippen LogP contribution in [0.25, 0.3) is 10.8 Å². The predicted molar refractivity (Wildman–Crippen MR) is 83.3 cm³/mol. The number of aromatic hydroxyl groups is 1. The fraction of sp³-hybridized carbons (Fsp3) is 0.0556. The molecule has 0 atom stereocenters. The molecule has 0 unspecified atom stereocenters. The number of benzene rings is 3. The van der Waals surface area contributed by atoms with Gasteiger partial charge in [0, 0.05) is 0 Å². The number of aromatic carboxylic acids is 1. The lowest BCUT2D eigenvalue weighted by Gasteiger charge is -2.10. The van der Waals surface area contributed by atoms with E-state index >= 15 is 0 Å². The van der Waals surface area contributed by atoms with Crippen LogP contribution < -0.4 is 4.74 Å². The summed E-state index contributed by atoms with van der Waals surface area (Å²) in [7, 11) is 0. The van der Waals surface area contributed by atoms with Crippen LogP contribution in [0.2, 0.25) is 0 Å².